The summed E-state index contributed by atoms with van der Waals surface area (Å²) in [5.41, 5.74) is 2.26. The summed E-state index contributed by atoms with van der Waals surface area (Å²) in [6, 6.07) is 16.7. The van der Waals surface area contributed by atoms with Crippen molar-refractivity contribution in [3.05, 3.63) is 59.9 Å². The minimum absolute atomic E-state index is 0.319. The molecule has 0 amide bonds. The lowest BCUT2D eigenvalue weighted by Gasteiger charge is -2.07. The van der Waals surface area contributed by atoms with Gasteiger partial charge in [0.1, 0.15) is 5.82 Å². The van der Waals surface area contributed by atoms with Crippen LogP contribution in [-0.4, -0.2) is 0 Å². The largest absolute Gasteiger partial charge is 0.207 e. The third kappa shape index (κ3) is 2.34. The Hall–Kier alpha value is -2.14. The monoisotopic (exact) mass is 225 g/mol. The van der Waals surface area contributed by atoms with Crippen LogP contribution in [0.5, 0.6) is 0 Å². The lowest BCUT2D eigenvalue weighted by molar-refractivity contribution is 0.607. The first-order chi connectivity index (χ1) is 8.22. The molecule has 2 heteroatoms. The first kappa shape index (κ1) is 11.3. The fraction of sp³-hybridized carbons (Fsp3) is 0.133. The Kier molecular flexibility index (Phi) is 3.20. The van der Waals surface area contributed by atoms with Crippen molar-refractivity contribution in [2.75, 3.05) is 0 Å². The van der Waals surface area contributed by atoms with E-state index < -0.39 is 5.92 Å². The highest BCUT2D eigenvalue weighted by Crippen LogP contribution is 2.25. The summed E-state index contributed by atoms with van der Waals surface area (Å²) < 4.78 is 13.8. The van der Waals surface area contributed by atoms with Crippen LogP contribution in [0.3, 0.4) is 0 Å². The number of hydrogen-bond acceptors (Lipinski definition) is 1. The van der Waals surface area contributed by atoms with E-state index in [4.69, 9.17) is 5.26 Å². The summed E-state index contributed by atoms with van der Waals surface area (Å²) in [4.78, 5) is 0. The second-order valence-electron chi connectivity index (χ2n) is 3.95. The quantitative estimate of drug-likeness (QED) is 0.754. The van der Waals surface area contributed by atoms with E-state index >= 15 is 0 Å². The standard InChI is InChI=1S/C15H12FN/c1-11(10-17)14-8-7-13(9-15(14)16)12-5-3-2-4-6-12/h2-9,11H,1H3. The summed E-state index contributed by atoms with van der Waals surface area (Å²) in [5, 5.41) is 8.78. The van der Waals surface area contributed by atoms with Crippen molar-refractivity contribution in [2.45, 2.75) is 12.8 Å². The van der Waals surface area contributed by atoms with Gasteiger partial charge < -0.3 is 0 Å². The van der Waals surface area contributed by atoms with E-state index in [1.54, 1.807) is 13.0 Å². The van der Waals surface area contributed by atoms with Crippen LogP contribution < -0.4 is 0 Å². The zero-order chi connectivity index (χ0) is 12.3. The van der Waals surface area contributed by atoms with Crippen molar-refractivity contribution in [2.24, 2.45) is 0 Å². The molecule has 0 radical (unpaired) electrons. The Balaban J connectivity index is 2.42. The van der Waals surface area contributed by atoms with Gasteiger partial charge in [0, 0.05) is 5.56 Å². The highest BCUT2D eigenvalue weighted by atomic mass is 19.1. The first-order valence-corrected chi connectivity index (χ1v) is 5.47. The molecule has 0 aromatic heterocycles. The van der Waals surface area contributed by atoms with E-state index in [1.807, 2.05) is 42.5 Å². The minimum atomic E-state index is -0.417. The fourth-order valence-electron chi connectivity index (χ4n) is 1.76. The van der Waals surface area contributed by atoms with Gasteiger partial charge in [-0.3, -0.25) is 0 Å². The molecule has 1 nitrogen and oxygen atoms in total. The van der Waals surface area contributed by atoms with Crippen molar-refractivity contribution in [3.8, 4) is 17.2 Å². The molecule has 0 N–H and O–H groups in total. The maximum atomic E-state index is 13.8. The Morgan fingerprint density at radius 3 is 2.35 bits per heavy atom. The molecule has 0 spiro atoms. The average Bonchev–Trinajstić information content (AvgIpc) is 2.39. The van der Waals surface area contributed by atoms with Crippen molar-refractivity contribution in [1.82, 2.24) is 0 Å². The third-order valence-electron chi connectivity index (χ3n) is 2.77. The highest BCUT2D eigenvalue weighted by Gasteiger charge is 2.10. The molecule has 2 aromatic carbocycles. The topological polar surface area (TPSA) is 23.8 Å². The van der Waals surface area contributed by atoms with Gasteiger partial charge in [0.2, 0.25) is 0 Å². The maximum Gasteiger partial charge on any atom is 0.128 e. The van der Waals surface area contributed by atoms with E-state index in [0.29, 0.717) is 5.56 Å². The molecule has 0 aliphatic rings. The molecular formula is C15H12FN. The molecule has 0 aliphatic heterocycles. The number of nitriles is 1. The van der Waals surface area contributed by atoms with Crippen LogP contribution in [0.1, 0.15) is 18.4 Å². The molecule has 2 aromatic rings. The molecule has 2 rings (SSSR count). The highest BCUT2D eigenvalue weighted by molar-refractivity contribution is 5.63. The summed E-state index contributed by atoms with van der Waals surface area (Å²) in [6.45, 7) is 1.70. The second kappa shape index (κ2) is 4.80. The molecule has 0 bridgehead atoms. The molecule has 0 aliphatic carbocycles. The summed E-state index contributed by atoms with van der Waals surface area (Å²) in [7, 11) is 0. The van der Waals surface area contributed by atoms with Crippen LogP contribution in [0, 0.1) is 17.1 Å². The SMILES string of the molecule is CC(C#N)c1ccc(-c2ccccc2)cc1F. The van der Waals surface area contributed by atoms with Gasteiger partial charge >= 0.3 is 0 Å². The molecule has 17 heavy (non-hydrogen) atoms. The molecule has 0 fully saturated rings. The molecule has 1 atom stereocenters. The average molecular weight is 225 g/mol. The van der Waals surface area contributed by atoms with E-state index in [2.05, 4.69) is 0 Å². The van der Waals surface area contributed by atoms with Crippen LogP contribution in [0.15, 0.2) is 48.5 Å². The fourth-order valence-corrected chi connectivity index (χ4v) is 1.76. The lowest BCUT2D eigenvalue weighted by Crippen LogP contribution is -1.94. The number of benzene rings is 2. The van der Waals surface area contributed by atoms with Crippen molar-refractivity contribution in [3.63, 3.8) is 0 Å². The van der Waals surface area contributed by atoms with Gasteiger partial charge in [-0.1, -0.05) is 42.5 Å². The Morgan fingerprint density at radius 1 is 1.06 bits per heavy atom. The number of nitrogens with zero attached hydrogens (tertiary/aromatic N) is 1. The Morgan fingerprint density at radius 2 is 1.76 bits per heavy atom. The molecule has 84 valence electrons. The van der Waals surface area contributed by atoms with Crippen molar-refractivity contribution in [1.29, 1.82) is 5.26 Å². The molecule has 0 heterocycles. The van der Waals surface area contributed by atoms with Gasteiger partial charge in [-0.25, -0.2) is 4.39 Å². The zero-order valence-corrected chi connectivity index (χ0v) is 9.52. The lowest BCUT2D eigenvalue weighted by atomic mass is 9.98. The van der Waals surface area contributed by atoms with Crippen LogP contribution in [0.2, 0.25) is 0 Å². The summed E-state index contributed by atoms with van der Waals surface area (Å²) in [5.74, 6) is -0.736. The van der Waals surface area contributed by atoms with Gasteiger partial charge in [-0.15, -0.1) is 0 Å². The van der Waals surface area contributed by atoms with Gasteiger partial charge in [0.05, 0.1) is 12.0 Å². The predicted molar refractivity (Wildman–Crippen MR) is 65.9 cm³/mol. The van der Waals surface area contributed by atoms with E-state index in [0.717, 1.165) is 11.1 Å². The van der Waals surface area contributed by atoms with Crippen molar-refractivity contribution >= 4 is 0 Å². The summed E-state index contributed by atoms with van der Waals surface area (Å²) in [6.07, 6.45) is 0. The van der Waals surface area contributed by atoms with Gasteiger partial charge in [-0.2, -0.15) is 5.26 Å². The Bertz CT molecular complexity index is 555. The van der Waals surface area contributed by atoms with Gasteiger partial charge in [0.15, 0.2) is 0 Å². The second-order valence-corrected chi connectivity index (χ2v) is 3.95. The normalized spacial score (nSPS) is 11.8. The van der Waals surface area contributed by atoms with E-state index in [9.17, 15) is 4.39 Å². The predicted octanol–water partition coefficient (Wildman–Crippen LogP) is 4.12. The van der Waals surface area contributed by atoms with Crippen LogP contribution >= 0.6 is 0 Å². The minimum Gasteiger partial charge on any atom is -0.207 e. The van der Waals surface area contributed by atoms with E-state index in [1.165, 1.54) is 6.07 Å². The van der Waals surface area contributed by atoms with Crippen molar-refractivity contribution < 1.29 is 4.39 Å². The number of hydrogen-bond donors (Lipinski definition) is 0. The zero-order valence-electron chi connectivity index (χ0n) is 9.52. The summed E-state index contributed by atoms with van der Waals surface area (Å²) >= 11 is 0. The number of halogens is 1. The van der Waals surface area contributed by atoms with Crippen LogP contribution in [0.25, 0.3) is 11.1 Å². The first-order valence-electron chi connectivity index (χ1n) is 5.47. The molecule has 1 unspecified atom stereocenters. The van der Waals surface area contributed by atoms with Crippen LogP contribution in [0.4, 0.5) is 4.39 Å². The van der Waals surface area contributed by atoms with Gasteiger partial charge in [-0.05, 0) is 24.1 Å². The van der Waals surface area contributed by atoms with E-state index in [-0.39, 0.29) is 5.82 Å². The third-order valence-corrected chi connectivity index (χ3v) is 2.77. The molecular weight excluding hydrogens is 213 g/mol. The molecule has 0 saturated heterocycles. The number of rotatable bonds is 2. The smallest absolute Gasteiger partial charge is 0.128 e. The Labute approximate surface area is 100 Å². The maximum absolute atomic E-state index is 13.8. The van der Waals surface area contributed by atoms with Crippen LogP contribution in [-0.2, 0) is 0 Å². The molecule has 0 saturated carbocycles. The van der Waals surface area contributed by atoms with Gasteiger partial charge in [0.25, 0.3) is 0 Å².